The van der Waals surface area contributed by atoms with E-state index in [1.54, 1.807) is 4.57 Å². The van der Waals surface area contributed by atoms with Gasteiger partial charge in [0.1, 0.15) is 78.6 Å². The van der Waals surface area contributed by atoms with E-state index in [-0.39, 0.29) is 65.5 Å². The summed E-state index contributed by atoms with van der Waals surface area (Å²) in [6.07, 6.45) is -3.65. The van der Waals surface area contributed by atoms with Crippen LogP contribution in [0.15, 0.2) is 38.0 Å². The van der Waals surface area contributed by atoms with Gasteiger partial charge in [-0.05, 0) is 0 Å². The molecule has 0 spiro atoms. The quantitative estimate of drug-likeness (QED) is 0.0659. The highest BCUT2D eigenvalue weighted by Gasteiger charge is 2.49. The molecule has 0 radical (unpaired) electrons. The van der Waals surface area contributed by atoms with E-state index in [0.717, 1.165) is 0 Å². The average Bonchev–Trinajstić information content (AvgIpc) is 4.03. The van der Waals surface area contributed by atoms with Crippen molar-refractivity contribution in [2.45, 2.75) is 87.1 Å². The van der Waals surface area contributed by atoms with Crippen LogP contribution in [-0.4, -0.2) is 133 Å². The Morgan fingerprint density at radius 2 is 1.07 bits per heavy atom. The lowest BCUT2D eigenvalue weighted by molar-refractivity contribution is -0.149. The van der Waals surface area contributed by atoms with E-state index < -0.39 is 83.7 Å². The molecule has 1 unspecified atom stereocenters. The lowest BCUT2D eigenvalue weighted by atomic mass is 9.99. The first kappa shape index (κ1) is 40.5. The van der Waals surface area contributed by atoms with Crippen LogP contribution in [-0.2, 0) is 37.1 Å². The Balaban J connectivity index is 1.03. The number of phosphoric ester groups is 2. The van der Waals surface area contributed by atoms with E-state index >= 15 is 0 Å². The van der Waals surface area contributed by atoms with Gasteiger partial charge in [0.25, 0.3) is 0 Å². The third kappa shape index (κ3) is 7.89. The zero-order valence-electron chi connectivity index (χ0n) is 30.8. The second-order valence-electron chi connectivity index (χ2n) is 14.2. The highest BCUT2D eigenvalue weighted by Crippen LogP contribution is 2.48. The molecule has 9 rings (SSSR count). The Morgan fingerprint density at radius 3 is 1.57 bits per heavy atom. The molecule has 28 nitrogen and oxygen atoms in total. The highest BCUT2D eigenvalue weighted by atomic mass is 31.2. The molecule has 0 aliphatic carbocycles. The molecule has 6 aromatic heterocycles. The molecule has 3 fully saturated rings. The number of phosphoric acid groups is 2. The SMILES string of the molecule is Nc1ncnc2c1ncn2[C@H]1C[C@H](OP(=O)(O)O)[C@@H](C(C[C@H]2O[C@@H](n3cnc4c(N)ncnc43)C[C@@H]2O)OC[C@H]2O[C@@H](n3cnc4c(N)ncnc43)C[C@@H]2OP(=O)(O)O)O1. The standard InChI is InChI=1S/C30H37N15O13P2/c31-25-21-28(37-6-34-25)43(9-40-21)18-1-12(46)13(54-18)2-15(24-16(58-60(50,51)52)4-20(56-24)45-11-42-23-27(33)36-8-39-30(23)45)53-5-17-14(57-59(47,48)49)3-19(55-17)44-10-41-22-26(32)35-7-38-29(22)44/h6-20,24,46H,1-5H2,(H2,31,34,37)(H2,32,35,38)(H2,33,36,39)(H2,47,48,49)(H2,50,51,52)/t12-,13+,14-,15?,16-,17+,18+,19+,20+,24+/m0/s1. The smallest absolute Gasteiger partial charge is 0.390 e. The summed E-state index contributed by atoms with van der Waals surface area (Å²) in [4.78, 5) is 77.2. The van der Waals surface area contributed by atoms with Crippen LogP contribution in [0.3, 0.4) is 0 Å². The van der Waals surface area contributed by atoms with Crippen LogP contribution in [0.5, 0.6) is 0 Å². The fourth-order valence-electron chi connectivity index (χ4n) is 7.84. The van der Waals surface area contributed by atoms with Crippen molar-refractivity contribution in [2.24, 2.45) is 0 Å². The van der Waals surface area contributed by atoms with Crippen molar-refractivity contribution >= 4 is 66.6 Å². The molecule has 0 aromatic carbocycles. The van der Waals surface area contributed by atoms with Crippen molar-refractivity contribution < 1.29 is 61.8 Å². The highest BCUT2D eigenvalue weighted by molar-refractivity contribution is 7.46. The first-order valence-electron chi connectivity index (χ1n) is 18.1. The molecule has 3 saturated heterocycles. The van der Waals surface area contributed by atoms with Crippen LogP contribution < -0.4 is 17.2 Å². The monoisotopic (exact) mass is 877 g/mol. The molecular weight excluding hydrogens is 840 g/mol. The van der Waals surface area contributed by atoms with E-state index in [1.165, 1.54) is 47.1 Å². The molecule has 0 bridgehead atoms. The van der Waals surface area contributed by atoms with E-state index in [9.17, 15) is 33.8 Å². The molecule has 3 aliphatic heterocycles. The minimum absolute atomic E-state index is 0.0595. The maximum Gasteiger partial charge on any atom is 0.469 e. The van der Waals surface area contributed by atoms with Crippen LogP contribution in [0.25, 0.3) is 33.5 Å². The number of hydrogen-bond acceptors (Lipinski definition) is 21. The first-order valence-corrected chi connectivity index (χ1v) is 21.2. The van der Waals surface area contributed by atoms with Gasteiger partial charge in [0.2, 0.25) is 0 Å². The number of fused-ring (bicyclic) bond motifs is 3. The van der Waals surface area contributed by atoms with Crippen molar-refractivity contribution in [1.29, 1.82) is 0 Å². The van der Waals surface area contributed by atoms with E-state index in [2.05, 4.69) is 44.9 Å². The predicted octanol–water partition coefficient (Wildman–Crippen LogP) is -0.793. The summed E-state index contributed by atoms with van der Waals surface area (Å²) in [6, 6.07) is 0. The number of anilines is 3. The number of hydrogen-bond donors (Lipinski definition) is 8. The molecule has 11 N–H and O–H groups in total. The molecule has 3 aliphatic rings. The largest absolute Gasteiger partial charge is 0.469 e. The molecule has 320 valence electrons. The molecule has 6 aromatic rings. The third-order valence-corrected chi connectivity index (χ3v) is 11.5. The number of nitrogens with two attached hydrogens (primary N) is 3. The second kappa shape index (κ2) is 15.5. The van der Waals surface area contributed by atoms with Crippen LogP contribution >= 0.6 is 15.6 Å². The minimum atomic E-state index is -5.18. The Bertz CT molecular complexity index is 2640. The minimum Gasteiger partial charge on any atom is -0.390 e. The van der Waals surface area contributed by atoms with Gasteiger partial charge in [0.05, 0.1) is 43.9 Å². The third-order valence-electron chi connectivity index (χ3n) is 10.4. The Labute approximate surface area is 335 Å². The topological polar surface area (TPSA) is 400 Å². The van der Waals surface area contributed by atoms with E-state index in [0.29, 0.717) is 11.2 Å². The van der Waals surface area contributed by atoms with Crippen molar-refractivity contribution in [2.75, 3.05) is 23.8 Å². The number of ether oxygens (including phenoxy) is 4. The lowest BCUT2D eigenvalue weighted by Crippen LogP contribution is -2.43. The van der Waals surface area contributed by atoms with Gasteiger partial charge in [-0.1, -0.05) is 0 Å². The fourth-order valence-corrected chi connectivity index (χ4v) is 8.97. The zero-order valence-corrected chi connectivity index (χ0v) is 32.6. The summed E-state index contributed by atoms with van der Waals surface area (Å²) in [5.41, 5.74) is 19.7. The van der Waals surface area contributed by atoms with Crippen molar-refractivity contribution in [3.05, 3.63) is 38.0 Å². The van der Waals surface area contributed by atoms with Crippen molar-refractivity contribution in [1.82, 2.24) is 58.6 Å². The molecule has 0 saturated carbocycles. The Morgan fingerprint density at radius 1 is 0.633 bits per heavy atom. The summed E-state index contributed by atoms with van der Waals surface area (Å²) >= 11 is 0. The maximum absolute atomic E-state index is 12.4. The summed E-state index contributed by atoms with van der Waals surface area (Å²) in [6.45, 7) is -0.435. The number of nitrogen functional groups attached to an aromatic ring is 3. The van der Waals surface area contributed by atoms with Crippen molar-refractivity contribution in [3.63, 3.8) is 0 Å². The predicted molar refractivity (Wildman–Crippen MR) is 199 cm³/mol. The van der Waals surface area contributed by atoms with E-state index in [4.69, 9.17) is 45.2 Å². The number of imidazole rings is 3. The van der Waals surface area contributed by atoms with Gasteiger partial charge in [-0.15, -0.1) is 0 Å². The van der Waals surface area contributed by atoms with Gasteiger partial charge in [-0.25, -0.2) is 54.0 Å². The van der Waals surface area contributed by atoms with Crippen LogP contribution in [0.2, 0.25) is 0 Å². The Kier molecular flexibility index (Phi) is 10.5. The van der Waals surface area contributed by atoms with Crippen LogP contribution in [0, 0.1) is 0 Å². The average molecular weight is 878 g/mol. The molecular formula is C30H37N15O13P2. The van der Waals surface area contributed by atoms with Gasteiger partial charge in [0.15, 0.2) is 34.4 Å². The van der Waals surface area contributed by atoms with Gasteiger partial charge in [0, 0.05) is 25.7 Å². The molecule has 0 amide bonds. The normalized spacial score (nSPS) is 28.1. The molecule has 9 heterocycles. The van der Waals surface area contributed by atoms with Gasteiger partial charge < -0.3 is 60.8 Å². The lowest BCUT2D eigenvalue weighted by Gasteiger charge is -2.31. The fraction of sp³-hybridized carbons (Fsp3) is 0.500. The summed E-state index contributed by atoms with van der Waals surface area (Å²) < 4.78 is 65.2. The van der Waals surface area contributed by atoms with E-state index in [1.807, 2.05) is 0 Å². The summed E-state index contributed by atoms with van der Waals surface area (Å²) in [5, 5.41) is 11.4. The molecule has 10 atom stereocenters. The maximum atomic E-state index is 12.4. The number of aliphatic hydroxyl groups excluding tert-OH is 1. The van der Waals surface area contributed by atoms with Gasteiger partial charge >= 0.3 is 15.6 Å². The second-order valence-corrected chi connectivity index (χ2v) is 16.6. The van der Waals surface area contributed by atoms with Crippen LogP contribution in [0.4, 0.5) is 17.5 Å². The number of aromatic nitrogens is 12. The Hall–Kier alpha value is -4.93. The number of nitrogens with zero attached hydrogens (tertiary/aromatic N) is 12. The number of rotatable bonds is 13. The van der Waals surface area contributed by atoms with Gasteiger partial charge in [-0.3, -0.25) is 22.7 Å². The van der Waals surface area contributed by atoms with Crippen molar-refractivity contribution in [3.8, 4) is 0 Å². The van der Waals surface area contributed by atoms with Crippen LogP contribution in [0.1, 0.15) is 44.4 Å². The number of aliphatic hydroxyl groups is 1. The zero-order chi connectivity index (χ0) is 42.1. The van der Waals surface area contributed by atoms with Gasteiger partial charge in [-0.2, -0.15) is 0 Å². The molecule has 30 heteroatoms. The first-order chi connectivity index (χ1) is 28.6. The molecule has 60 heavy (non-hydrogen) atoms. The summed E-state index contributed by atoms with van der Waals surface area (Å²) in [5.74, 6) is 0.323. The summed E-state index contributed by atoms with van der Waals surface area (Å²) in [7, 11) is -10.3.